The topological polar surface area (TPSA) is 68.5 Å². The highest BCUT2D eigenvalue weighted by atomic mass is 16.5. The van der Waals surface area contributed by atoms with E-state index in [9.17, 15) is 4.79 Å². The number of morpholine rings is 1. The zero-order valence-electron chi connectivity index (χ0n) is 12.6. The van der Waals surface area contributed by atoms with E-state index in [0.717, 1.165) is 12.8 Å². The van der Waals surface area contributed by atoms with E-state index in [1.807, 2.05) is 24.3 Å². The van der Waals surface area contributed by atoms with E-state index in [0.29, 0.717) is 31.1 Å². The average molecular weight is 301 g/mol. The van der Waals surface area contributed by atoms with Gasteiger partial charge in [-0.1, -0.05) is 30.6 Å². The summed E-state index contributed by atoms with van der Waals surface area (Å²) in [5, 5.41) is 3.84. The molecule has 0 N–H and O–H groups in total. The Morgan fingerprint density at radius 1 is 1.36 bits per heavy atom. The number of ether oxygens (including phenoxy) is 1. The molecule has 0 saturated carbocycles. The Morgan fingerprint density at radius 3 is 2.86 bits per heavy atom. The minimum atomic E-state index is -0.296. The Morgan fingerprint density at radius 2 is 2.18 bits per heavy atom. The van der Waals surface area contributed by atoms with Crippen LogP contribution in [-0.2, 0) is 11.2 Å². The van der Waals surface area contributed by atoms with Crippen molar-refractivity contribution in [1.82, 2.24) is 15.0 Å². The Kier molecular flexibility index (Phi) is 4.48. The van der Waals surface area contributed by atoms with Crippen molar-refractivity contribution in [3.8, 4) is 0 Å². The van der Waals surface area contributed by atoms with Crippen LogP contribution in [0.4, 0.5) is 0 Å². The zero-order chi connectivity index (χ0) is 15.4. The van der Waals surface area contributed by atoms with Gasteiger partial charge in [0.05, 0.1) is 13.2 Å². The van der Waals surface area contributed by atoms with Crippen LogP contribution in [0.15, 0.2) is 35.2 Å². The summed E-state index contributed by atoms with van der Waals surface area (Å²) in [5.41, 5.74) is 1.92. The molecule has 0 spiro atoms. The second kappa shape index (κ2) is 6.70. The molecule has 1 atom stereocenters. The van der Waals surface area contributed by atoms with Crippen LogP contribution >= 0.6 is 0 Å². The van der Waals surface area contributed by atoms with E-state index in [2.05, 4.69) is 17.1 Å². The summed E-state index contributed by atoms with van der Waals surface area (Å²) in [7, 11) is 0. The summed E-state index contributed by atoms with van der Waals surface area (Å²) >= 11 is 0. The second-order valence-corrected chi connectivity index (χ2v) is 5.33. The van der Waals surface area contributed by atoms with Crippen molar-refractivity contribution < 1.29 is 14.1 Å². The first kappa shape index (κ1) is 14.7. The standard InChI is InChI=1S/C16H19N3O3/c1-2-3-12-4-6-13(7-5-12)16(20)19-8-9-21-10-14(19)15-17-11-22-18-15/h4-7,11,14H,2-3,8-10H2,1H3/t14-/m1/s1. The molecular formula is C16H19N3O3. The van der Waals surface area contributed by atoms with Gasteiger partial charge in [0.2, 0.25) is 6.39 Å². The van der Waals surface area contributed by atoms with Crippen molar-refractivity contribution in [1.29, 1.82) is 0 Å². The molecule has 0 bridgehead atoms. The number of benzene rings is 1. The van der Waals surface area contributed by atoms with Crippen LogP contribution in [0.2, 0.25) is 0 Å². The van der Waals surface area contributed by atoms with Gasteiger partial charge < -0.3 is 14.2 Å². The molecule has 1 amide bonds. The minimum Gasteiger partial charge on any atom is -0.377 e. The van der Waals surface area contributed by atoms with E-state index in [4.69, 9.17) is 9.26 Å². The average Bonchev–Trinajstić information content (AvgIpc) is 3.10. The highest BCUT2D eigenvalue weighted by Crippen LogP contribution is 2.23. The lowest BCUT2D eigenvalue weighted by Gasteiger charge is -2.33. The summed E-state index contributed by atoms with van der Waals surface area (Å²) in [5.74, 6) is 0.455. The summed E-state index contributed by atoms with van der Waals surface area (Å²) in [6.07, 6.45) is 3.39. The van der Waals surface area contributed by atoms with Crippen LogP contribution in [0.1, 0.15) is 41.1 Å². The van der Waals surface area contributed by atoms with Gasteiger partial charge >= 0.3 is 0 Å². The number of nitrogens with zero attached hydrogens (tertiary/aromatic N) is 3. The monoisotopic (exact) mass is 301 g/mol. The molecule has 116 valence electrons. The summed E-state index contributed by atoms with van der Waals surface area (Å²) in [6.45, 7) is 3.57. The van der Waals surface area contributed by atoms with E-state index in [-0.39, 0.29) is 11.9 Å². The molecule has 22 heavy (non-hydrogen) atoms. The van der Waals surface area contributed by atoms with Crippen molar-refractivity contribution in [2.45, 2.75) is 25.8 Å². The third-order valence-electron chi connectivity index (χ3n) is 3.81. The fraction of sp³-hybridized carbons (Fsp3) is 0.438. The van der Waals surface area contributed by atoms with Crippen molar-refractivity contribution in [3.63, 3.8) is 0 Å². The molecular weight excluding hydrogens is 282 g/mol. The quantitative estimate of drug-likeness (QED) is 0.866. The molecule has 1 aliphatic rings. The number of aryl methyl sites for hydroxylation is 1. The third kappa shape index (κ3) is 3.01. The van der Waals surface area contributed by atoms with Crippen LogP contribution in [0.25, 0.3) is 0 Å². The van der Waals surface area contributed by atoms with Crippen LogP contribution in [0.3, 0.4) is 0 Å². The van der Waals surface area contributed by atoms with Gasteiger partial charge in [0.25, 0.3) is 5.91 Å². The van der Waals surface area contributed by atoms with Gasteiger partial charge in [-0.05, 0) is 24.1 Å². The first-order valence-electron chi connectivity index (χ1n) is 7.53. The van der Waals surface area contributed by atoms with Crippen LogP contribution in [0.5, 0.6) is 0 Å². The van der Waals surface area contributed by atoms with Gasteiger partial charge in [0.15, 0.2) is 5.82 Å². The summed E-state index contributed by atoms with van der Waals surface area (Å²) < 4.78 is 10.2. The molecule has 2 heterocycles. The molecule has 2 aromatic rings. The Bertz CT molecular complexity index is 610. The van der Waals surface area contributed by atoms with E-state index >= 15 is 0 Å². The first-order valence-corrected chi connectivity index (χ1v) is 7.53. The minimum absolute atomic E-state index is 0.0267. The van der Waals surface area contributed by atoms with Crippen molar-refractivity contribution >= 4 is 5.91 Å². The Labute approximate surface area is 129 Å². The van der Waals surface area contributed by atoms with Crippen LogP contribution in [-0.4, -0.2) is 40.7 Å². The molecule has 6 nitrogen and oxygen atoms in total. The molecule has 6 heteroatoms. The number of carbonyl (C=O) groups excluding carboxylic acids is 1. The lowest BCUT2D eigenvalue weighted by atomic mass is 10.1. The summed E-state index contributed by atoms with van der Waals surface area (Å²) in [6, 6.07) is 7.50. The van der Waals surface area contributed by atoms with E-state index in [1.54, 1.807) is 4.90 Å². The van der Waals surface area contributed by atoms with Crippen molar-refractivity contribution in [3.05, 3.63) is 47.6 Å². The fourth-order valence-electron chi connectivity index (χ4n) is 2.65. The molecule has 1 saturated heterocycles. The number of hydrogen-bond acceptors (Lipinski definition) is 5. The van der Waals surface area contributed by atoms with Crippen LogP contribution < -0.4 is 0 Å². The Balaban J connectivity index is 1.79. The smallest absolute Gasteiger partial charge is 0.254 e. The lowest BCUT2D eigenvalue weighted by Crippen LogP contribution is -2.43. The van der Waals surface area contributed by atoms with Gasteiger partial charge in [-0.25, -0.2) is 0 Å². The predicted molar refractivity (Wildman–Crippen MR) is 79.3 cm³/mol. The van der Waals surface area contributed by atoms with Gasteiger partial charge in [0, 0.05) is 12.1 Å². The van der Waals surface area contributed by atoms with Crippen molar-refractivity contribution in [2.24, 2.45) is 0 Å². The van der Waals surface area contributed by atoms with E-state index in [1.165, 1.54) is 12.0 Å². The van der Waals surface area contributed by atoms with Crippen molar-refractivity contribution in [2.75, 3.05) is 19.8 Å². The maximum absolute atomic E-state index is 12.8. The van der Waals surface area contributed by atoms with Gasteiger partial charge in [-0.15, -0.1) is 0 Å². The van der Waals surface area contributed by atoms with E-state index < -0.39 is 0 Å². The molecule has 3 rings (SSSR count). The number of hydrogen-bond donors (Lipinski definition) is 0. The number of aromatic nitrogens is 2. The highest BCUT2D eigenvalue weighted by molar-refractivity contribution is 5.94. The van der Waals surface area contributed by atoms with Crippen LogP contribution in [0, 0.1) is 0 Å². The molecule has 0 unspecified atom stereocenters. The summed E-state index contributed by atoms with van der Waals surface area (Å²) in [4.78, 5) is 18.6. The fourth-order valence-corrected chi connectivity index (χ4v) is 2.65. The van der Waals surface area contributed by atoms with Gasteiger partial charge in [-0.2, -0.15) is 4.98 Å². The normalized spacial score (nSPS) is 18.4. The maximum atomic E-state index is 12.8. The second-order valence-electron chi connectivity index (χ2n) is 5.33. The third-order valence-corrected chi connectivity index (χ3v) is 3.81. The molecule has 1 aromatic carbocycles. The molecule has 1 aromatic heterocycles. The maximum Gasteiger partial charge on any atom is 0.254 e. The predicted octanol–water partition coefficient (Wildman–Crippen LogP) is 2.24. The van der Waals surface area contributed by atoms with Gasteiger partial charge in [0.1, 0.15) is 6.04 Å². The lowest BCUT2D eigenvalue weighted by molar-refractivity contribution is -0.00576. The Hall–Kier alpha value is -2.21. The number of amides is 1. The molecule has 1 fully saturated rings. The molecule has 1 aliphatic heterocycles. The largest absolute Gasteiger partial charge is 0.377 e. The van der Waals surface area contributed by atoms with Gasteiger partial charge in [-0.3, -0.25) is 4.79 Å². The number of rotatable bonds is 4. The number of carbonyl (C=O) groups is 1. The zero-order valence-corrected chi connectivity index (χ0v) is 12.6. The SMILES string of the molecule is CCCc1ccc(C(=O)N2CCOC[C@@H]2c2ncon2)cc1. The highest BCUT2D eigenvalue weighted by Gasteiger charge is 2.32. The first-order chi connectivity index (χ1) is 10.8. The molecule has 0 aliphatic carbocycles. The molecule has 0 radical (unpaired) electrons.